The van der Waals surface area contributed by atoms with Crippen LogP contribution in [0.3, 0.4) is 0 Å². The second-order valence-corrected chi connectivity index (χ2v) is 23.8. The molecule has 6 atom stereocenters. The Bertz CT molecular complexity index is 4000. The van der Waals surface area contributed by atoms with E-state index in [2.05, 4.69) is 75.0 Å². The number of nitrogens with zero attached hydrogens (tertiary/aromatic N) is 11. The van der Waals surface area contributed by atoms with Gasteiger partial charge in [-0.1, -0.05) is 68.5 Å². The summed E-state index contributed by atoms with van der Waals surface area (Å²) in [6.07, 6.45) is 9.15. The molecule has 4 N–H and O–H groups in total. The number of hydrogen-bond acceptors (Lipinski definition) is 22. The monoisotopic (exact) mass is 1310 g/mol. The van der Waals surface area contributed by atoms with Crippen molar-refractivity contribution in [3.05, 3.63) is 142 Å². The first-order chi connectivity index (χ1) is 40.4. The molecule has 12 rings (SSSR count). The van der Waals surface area contributed by atoms with Gasteiger partial charge in [0.1, 0.15) is 33.5 Å². The normalized spacial score (nSPS) is 18.0. The fraction of sp³-hybridized carbons (Fsp3) is 0.410. The van der Waals surface area contributed by atoms with E-state index < -0.39 is 28.8 Å². The van der Waals surface area contributed by atoms with E-state index in [0.29, 0.717) is 67.4 Å². The zero-order chi connectivity index (χ0) is 59.9. The van der Waals surface area contributed by atoms with Gasteiger partial charge in [-0.25, -0.2) is 44.3 Å². The molecule has 0 aliphatic carbocycles. The summed E-state index contributed by atoms with van der Waals surface area (Å²) in [6.45, 7) is 21.0. The molecule has 0 aromatic carbocycles. The predicted molar refractivity (Wildman–Crippen MR) is 351 cm³/mol. The molecular weight excluding hydrogens is 1230 g/mol. The van der Waals surface area contributed by atoms with Crippen LogP contribution in [0.25, 0.3) is 48.5 Å². The molecule has 0 bridgehead atoms. The number of pyridine rings is 6. The van der Waals surface area contributed by atoms with Crippen molar-refractivity contribution in [3.63, 3.8) is 0 Å². The summed E-state index contributed by atoms with van der Waals surface area (Å²) in [4.78, 5) is 105. The Labute approximate surface area is 555 Å². The van der Waals surface area contributed by atoms with Crippen LogP contribution in [0, 0.1) is 29.6 Å². The van der Waals surface area contributed by atoms with Crippen LogP contribution in [0.1, 0.15) is 102 Å². The van der Waals surface area contributed by atoms with Crippen LogP contribution in [0.15, 0.2) is 104 Å². The van der Waals surface area contributed by atoms with E-state index in [-0.39, 0.29) is 109 Å². The Morgan fingerprint density at radius 1 is 0.584 bits per heavy atom. The Morgan fingerprint density at radius 3 is 1.26 bits per heavy atom. The summed E-state index contributed by atoms with van der Waals surface area (Å²) < 4.78 is 14.9. The first kappa shape index (κ1) is 74.6. The van der Waals surface area contributed by atoms with Gasteiger partial charge in [0.25, 0.3) is 0 Å². The van der Waals surface area contributed by atoms with Crippen LogP contribution >= 0.6 is 45.6 Å². The third kappa shape index (κ3) is 16.6. The van der Waals surface area contributed by atoms with Crippen molar-refractivity contribution >= 4 is 108 Å². The molecule has 0 unspecified atom stereocenters. The number of likely N-dealkylation sites (N-methyl/N-ethyl adjacent to an activating group) is 1. The fourth-order valence-corrected chi connectivity index (χ4v) is 12.0. The number of ether oxygens (including phenoxy) is 2. The number of aromatic carboxylic acids is 1. The summed E-state index contributed by atoms with van der Waals surface area (Å²) in [5.74, 6) is 2.19. The summed E-state index contributed by atoms with van der Waals surface area (Å²) in [5, 5.41) is 24.3. The van der Waals surface area contributed by atoms with Gasteiger partial charge >= 0.3 is 47.5 Å². The zero-order valence-corrected chi connectivity index (χ0v) is 54.2. The number of esters is 2. The first-order valence-corrected chi connectivity index (χ1v) is 30.4. The van der Waals surface area contributed by atoms with Gasteiger partial charge in [-0.2, -0.15) is 0 Å². The van der Waals surface area contributed by atoms with E-state index in [0.717, 1.165) is 50.3 Å². The number of anilines is 2. The van der Waals surface area contributed by atoms with E-state index in [1.807, 2.05) is 18.5 Å². The number of carboxylic acid groups (broad SMARTS) is 1. The molecule has 3 aliphatic heterocycles. The van der Waals surface area contributed by atoms with Crippen molar-refractivity contribution < 1.29 is 64.0 Å². The van der Waals surface area contributed by atoms with Gasteiger partial charge < -0.3 is 40.5 Å². The topological polar surface area (TPSA) is 294 Å². The standard InChI is InChI=1S/C20H22N4O3S.C18H18N4O3S.C14H10ClN3O3S.C6H14N2.3CH4.Na.H2O/c1-4-27-19(26)15-11-24(20-21-7-8-28-20)18-14(17(15)25)5-6-16(22-18)23-9-12(2)13(3)10-23;1-10-7-21(8-11(10)2)14-4-3-12-15(23)13(17(24)25)9-22(16(12)20-14)18-19-5-6-26-18;1-2-21-13(20)9-7-18(14-16-5-6-22-14)12-8(11(9)19)3-4-10(15)17-12;1-5-3-8-4-6(5)7-2;;;;;/h5-8,11-13H,4,9-10H2,1-3H3;3-6,9-11H,7-8H2,1-2H3,(H,24,25);3-7H,2H2,1H3;5-8H,3-4H2,1-2H3;3*1H4;;1H2/q;;;;;;;+1;/p-1/t12-,13-;10-,11-;;5-,6-;;;;;/m00.0...../s1. The SMILES string of the molecule is C.C.C.CCOC(=O)c1cn(-c2nccs2)c2nc(Cl)ccc2c1=O.CCOC(=O)c1cn(-c2nccs2)c2nc(N3C[C@H](C)[C@@H](C)C3)ccc2c1=O.CN[C@H]1CNC[C@@H]1C.C[C@H]1CN(c2ccc3c(=O)c(C(=O)O)cn(-c4nccs4)c3n2)C[C@@H]1C.[Na+].[OH-]. The second-order valence-electron chi connectivity index (χ2n) is 20.8. The molecule has 0 saturated carbocycles. The molecule has 28 heteroatoms. The van der Waals surface area contributed by atoms with Gasteiger partial charge in [-0.15, -0.1) is 34.0 Å². The largest absolute Gasteiger partial charge is 1.00 e. The Hall–Kier alpha value is -6.85. The number of aromatic nitrogens is 9. The molecule has 23 nitrogen and oxygen atoms in total. The van der Waals surface area contributed by atoms with Crippen molar-refractivity contribution in [2.24, 2.45) is 29.6 Å². The Balaban J connectivity index is 0.000000262. The van der Waals surface area contributed by atoms with Crippen molar-refractivity contribution in [2.45, 2.75) is 76.8 Å². The van der Waals surface area contributed by atoms with Crippen LogP contribution in [0.4, 0.5) is 11.6 Å². The summed E-state index contributed by atoms with van der Waals surface area (Å²) in [7, 11) is 2.02. The smallest absolute Gasteiger partial charge is 0.870 e. The van der Waals surface area contributed by atoms with Crippen molar-refractivity contribution in [2.75, 3.05) is 69.3 Å². The van der Waals surface area contributed by atoms with Gasteiger partial charge in [0.15, 0.2) is 32.3 Å². The number of carbonyl (C=O) groups is 3. The number of carbonyl (C=O) groups excluding carboxylic acids is 2. The second kappa shape index (κ2) is 33.3. The summed E-state index contributed by atoms with van der Waals surface area (Å²) in [5.41, 5.74) is -0.420. The molecule has 472 valence electrons. The molecule has 0 amide bonds. The summed E-state index contributed by atoms with van der Waals surface area (Å²) >= 11 is 10.0. The van der Waals surface area contributed by atoms with Gasteiger partial charge in [0.05, 0.1) is 29.4 Å². The van der Waals surface area contributed by atoms with Gasteiger partial charge in [-0.3, -0.25) is 28.1 Å². The van der Waals surface area contributed by atoms with Crippen molar-refractivity contribution in [3.8, 4) is 15.4 Å². The third-order valence-corrected chi connectivity index (χ3v) is 17.6. The average Bonchev–Trinajstić information content (AvgIpc) is 3.23. The van der Waals surface area contributed by atoms with Crippen LogP contribution in [-0.2, 0) is 9.47 Å². The molecular formula is C61H77ClN13NaO10S3. The molecule has 12 heterocycles. The van der Waals surface area contributed by atoms with E-state index in [1.165, 1.54) is 65.2 Å². The maximum absolute atomic E-state index is 12.9. The third-order valence-electron chi connectivity index (χ3n) is 15.1. The molecule has 3 fully saturated rings. The van der Waals surface area contributed by atoms with Crippen LogP contribution in [0.5, 0.6) is 0 Å². The number of halogens is 1. The number of carboxylic acids is 1. The predicted octanol–water partition coefficient (Wildman–Crippen LogP) is 6.97. The van der Waals surface area contributed by atoms with Crippen LogP contribution < -0.4 is 66.3 Å². The number of fused-ring (bicyclic) bond motifs is 3. The van der Waals surface area contributed by atoms with Gasteiger partial charge in [0.2, 0.25) is 16.3 Å². The molecule has 0 spiro atoms. The zero-order valence-electron chi connectivity index (χ0n) is 49.0. The average molecular weight is 1310 g/mol. The van der Waals surface area contributed by atoms with Gasteiger partial charge in [-0.05, 0) is 93.4 Å². The number of nitrogens with one attached hydrogen (secondary N) is 2. The minimum Gasteiger partial charge on any atom is -0.870 e. The maximum Gasteiger partial charge on any atom is 1.00 e. The van der Waals surface area contributed by atoms with Crippen LogP contribution in [-0.4, -0.2) is 138 Å². The molecule has 89 heavy (non-hydrogen) atoms. The van der Waals surface area contributed by atoms with E-state index >= 15 is 0 Å². The Morgan fingerprint density at radius 2 is 0.944 bits per heavy atom. The molecule has 3 aliphatic rings. The van der Waals surface area contributed by atoms with Crippen molar-refractivity contribution in [1.82, 2.24) is 54.2 Å². The number of thiazole rings is 3. The number of hydrogen-bond donors (Lipinski definition) is 3. The maximum atomic E-state index is 12.9. The quantitative estimate of drug-likeness (QED) is 0.0669. The van der Waals surface area contributed by atoms with Gasteiger partial charge in [0, 0.05) is 92.1 Å². The Kier molecular flexibility index (Phi) is 27.9. The number of rotatable bonds is 11. The van der Waals surface area contributed by atoms with E-state index in [9.17, 15) is 33.9 Å². The minimum absolute atomic E-state index is 0. The van der Waals surface area contributed by atoms with E-state index in [1.54, 1.807) is 81.2 Å². The summed E-state index contributed by atoms with van der Waals surface area (Å²) in [6, 6.07) is 10.8. The minimum atomic E-state index is -1.26. The molecule has 9 aromatic heterocycles. The fourth-order valence-electron chi connectivity index (χ4n) is 10.1. The molecule has 0 radical (unpaired) electrons. The first-order valence-electron chi connectivity index (χ1n) is 27.4. The van der Waals surface area contributed by atoms with Crippen LogP contribution in [0.2, 0.25) is 5.15 Å². The van der Waals surface area contributed by atoms with Crippen molar-refractivity contribution in [1.29, 1.82) is 0 Å². The molecule has 9 aromatic rings. The van der Waals surface area contributed by atoms with E-state index in [4.69, 9.17) is 31.0 Å². The molecule has 3 saturated heterocycles.